The largest absolute Gasteiger partial charge is 0.444 e. The van der Waals surface area contributed by atoms with Crippen molar-refractivity contribution in [2.75, 3.05) is 24.1 Å². The van der Waals surface area contributed by atoms with E-state index in [4.69, 9.17) is 22.1 Å². The number of nitrogens with two attached hydrogens (primary N) is 1. The molecule has 2 fully saturated rings. The van der Waals surface area contributed by atoms with Gasteiger partial charge in [0.1, 0.15) is 5.60 Å². The normalized spacial score (nSPS) is 19.9. The summed E-state index contributed by atoms with van der Waals surface area (Å²) in [5, 5.41) is 3.47. The summed E-state index contributed by atoms with van der Waals surface area (Å²) in [7, 11) is 0. The first-order valence-corrected chi connectivity index (χ1v) is 8.06. The summed E-state index contributed by atoms with van der Waals surface area (Å²) in [5.41, 5.74) is 6.08. The van der Waals surface area contributed by atoms with E-state index in [2.05, 4.69) is 15.3 Å². The second kappa shape index (κ2) is 5.40. The van der Waals surface area contributed by atoms with Gasteiger partial charge < -0.3 is 20.7 Å². The third kappa shape index (κ3) is 3.44. The number of carbonyl (C=O) groups excluding carboxylic acids is 1. The van der Waals surface area contributed by atoms with Crippen molar-refractivity contribution in [2.45, 2.75) is 45.3 Å². The number of hydrogen-bond acceptors (Lipinski definition) is 6. The van der Waals surface area contributed by atoms with Crippen LogP contribution < -0.4 is 11.1 Å². The Labute approximate surface area is 140 Å². The SMILES string of the molecule is CC(C)(C)OC(=O)N1CC2(CC(Nc3nc(Cl)ncc3N)C2)C1. The summed E-state index contributed by atoms with van der Waals surface area (Å²) in [4.78, 5) is 21.7. The molecule has 3 N–H and O–H groups in total. The van der Waals surface area contributed by atoms with Crippen LogP contribution in [-0.4, -0.2) is 45.7 Å². The summed E-state index contributed by atoms with van der Waals surface area (Å²) < 4.78 is 5.38. The highest BCUT2D eigenvalue weighted by molar-refractivity contribution is 6.28. The molecule has 1 aliphatic carbocycles. The molecule has 126 valence electrons. The highest BCUT2D eigenvalue weighted by Gasteiger charge is 2.54. The first kappa shape index (κ1) is 16.1. The number of rotatable bonds is 2. The fourth-order valence-corrected chi connectivity index (χ4v) is 3.38. The van der Waals surface area contributed by atoms with Crippen molar-refractivity contribution in [3.63, 3.8) is 0 Å². The van der Waals surface area contributed by atoms with Crippen molar-refractivity contribution in [3.8, 4) is 0 Å². The quantitative estimate of drug-likeness (QED) is 0.804. The summed E-state index contributed by atoms with van der Waals surface area (Å²) in [6.07, 6.45) is 3.23. The van der Waals surface area contributed by atoms with Crippen LogP contribution in [0.1, 0.15) is 33.6 Å². The van der Waals surface area contributed by atoms with Crippen LogP contribution in [0.4, 0.5) is 16.3 Å². The predicted octanol–water partition coefficient (Wildman–Crippen LogP) is 2.52. The van der Waals surface area contributed by atoms with Gasteiger partial charge in [-0.25, -0.2) is 9.78 Å². The van der Waals surface area contributed by atoms with Crippen LogP contribution in [0.25, 0.3) is 0 Å². The Hall–Kier alpha value is -1.76. The van der Waals surface area contributed by atoms with E-state index in [9.17, 15) is 4.79 Å². The molecule has 0 unspecified atom stereocenters. The van der Waals surface area contributed by atoms with E-state index in [1.54, 1.807) is 4.90 Å². The third-order valence-corrected chi connectivity index (χ3v) is 4.37. The Morgan fingerprint density at radius 1 is 1.48 bits per heavy atom. The van der Waals surface area contributed by atoms with Crippen LogP contribution in [0.15, 0.2) is 6.20 Å². The van der Waals surface area contributed by atoms with E-state index in [0.717, 1.165) is 25.9 Å². The molecule has 0 aromatic carbocycles. The number of likely N-dealkylation sites (tertiary alicyclic amines) is 1. The highest BCUT2D eigenvalue weighted by atomic mass is 35.5. The Morgan fingerprint density at radius 3 is 2.74 bits per heavy atom. The lowest BCUT2D eigenvalue weighted by Crippen LogP contribution is -2.66. The highest BCUT2D eigenvalue weighted by Crippen LogP contribution is 2.49. The lowest BCUT2D eigenvalue weighted by Gasteiger charge is -2.58. The summed E-state index contributed by atoms with van der Waals surface area (Å²) in [6, 6.07) is 0.295. The van der Waals surface area contributed by atoms with Gasteiger partial charge in [-0.15, -0.1) is 0 Å². The fraction of sp³-hybridized carbons (Fsp3) is 0.667. The molecular formula is C15H22ClN5O2. The van der Waals surface area contributed by atoms with E-state index in [0.29, 0.717) is 17.5 Å². The van der Waals surface area contributed by atoms with Gasteiger partial charge >= 0.3 is 6.09 Å². The van der Waals surface area contributed by atoms with E-state index in [1.807, 2.05) is 20.8 Å². The van der Waals surface area contributed by atoms with Crippen LogP contribution in [0.3, 0.4) is 0 Å². The zero-order valence-electron chi connectivity index (χ0n) is 13.6. The molecule has 0 bridgehead atoms. The van der Waals surface area contributed by atoms with Crippen molar-refractivity contribution in [2.24, 2.45) is 5.41 Å². The van der Waals surface area contributed by atoms with Gasteiger partial charge in [0, 0.05) is 24.5 Å². The molecule has 2 heterocycles. The second-order valence-electron chi connectivity index (χ2n) is 7.53. The van der Waals surface area contributed by atoms with E-state index in [-0.39, 0.29) is 16.8 Å². The Morgan fingerprint density at radius 2 is 2.13 bits per heavy atom. The van der Waals surface area contributed by atoms with Gasteiger partial charge in [0.05, 0.1) is 11.9 Å². The topological polar surface area (TPSA) is 93.4 Å². The minimum Gasteiger partial charge on any atom is -0.444 e. The van der Waals surface area contributed by atoms with Gasteiger partial charge in [-0.05, 0) is 45.2 Å². The maximum atomic E-state index is 12.0. The molecule has 3 rings (SSSR count). The third-order valence-electron chi connectivity index (χ3n) is 4.19. The van der Waals surface area contributed by atoms with Gasteiger partial charge in [-0.2, -0.15) is 4.98 Å². The lowest BCUT2D eigenvalue weighted by atomic mass is 9.61. The molecule has 8 heteroatoms. The van der Waals surface area contributed by atoms with Crippen molar-refractivity contribution in [3.05, 3.63) is 11.5 Å². The molecule has 1 saturated heterocycles. The van der Waals surface area contributed by atoms with Gasteiger partial charge in [0.15, 0.2) is 5.82 Å². The smallest absolute Gasteiger partial charge is 0.410 e. The van der Waals surface area contributed by atoms with Gasteiger partial charge in [0.2, 0.25) is 5.28 Å². The zero-order valence-corrected chi connectivity index (χ0v) is 14.4. The van der Waals surface area contributed by atoms with Crippen molar-refractivity contribution in [1.82, 2.24) is 14.9 Å². The predicted molar refractivity (Wildman–Crippen MR) is 88.3 cm³/mol. The number of halogens is 1. The lowest BCUT2D eigenvalue weighted by molar-refractivity contribution is -0.0738. The van der Waals surface area contributed by atoms with E-state index < -0.39 is 5.60 Å². The summed E-state index contributed by atoms with van der Waals surface area (Å²) in [6.45, 7) is 7.13. The number of anilines is 2. The van der Waals surface area contributed by atoms with E-state index >= 15 is 0 Å². The molecule has 1 aromatic heterocycles. The van der Waals surface area contributed by atoms with Gasteiger partial charge in [-0.1, -0.05) is 0 Å². The minimum atomic E-state index is -0.451. The van der Waals surface area contributed by atoms with Crippen molar-refractivity contribution >= 4 is 29.2 Å². The maximum Gasteiger partial charge on any atom is 0.410 e. The van der Waals surface area contributed by atoms with Gasteiger partial charge in [-0.3, -0.25) is 0 Å². The number of nitrogen functional groups attached to an aromatic ring is 1. The molecule has 1 aliphatic heterocycles. The second-order valence-corrected chi connectivity index (χ2v) is 7.87. The molecule has 23 heavy (non-hydrogen) atoms. The average Bonchev–Trinajstić information content (AvgIpc) is 2.32. The zero-order chi connectivity index (χ0) is 16.8. The van der Waals surface area contributed by atoms with Crippen molar-refractivity contribution in [1.29, 1.82) is 0 Å². The summed E-state index contributed by atoms with van der Waals surface area (Å²) in [5.74, 6) is 0.577. The number of amides is 1. The van der Waals surface area contributed by atoms with Crippen LogP contribution in [0.5, 0.6) is 0 Å². The molecule has 1 spiro atoms. The van der Waals surface area contributed by atoms with Crippen LogP contribution in [0, 0.1) is 5.41 Å². The molecule has 1 amide bonds. The maximum absolute atomic E-state index is 12.0. The summed E-state index contributed by atoms with van der Waals surface area (Å²) >= 11 is 5.79. The van der Waals surface area contributed by atoms with Gasteiger partial charge in [0.25, 0.3) is 0 Å². The Kier molecular flexibility index (Phi) is 3.78. The molecule has 0 radical (unpaired) electrons. The monoisotopic (exact) mass is 339 g/mol. The minimum absolute atomic E-state index is 0.176. The first-order chi connectivity index (χ1) is 10.7. The molecule has 1 aromatic rings. The molecule has 0 atom stereocenters. The molecule has 7 nitrogen and oxygen atoms in total. The first-order valence-electron chi connectivity index (χ1n) is 7.68. The molecule has 2 aliphatic rings. The van der Waals surface area contributed by atoms with Crippen LogP contribution >= 0.6 is 11.6 Å². The van der Waals surface area contributed by atoms with Crippen molar-refractivity contribution < 1.29 is 9.53 Å². The standard InChI is InChI=1S/C15H22ClN5O2/c1-14(2,3)23-13(22)21-7-15(8-21)4-9(5-15)19-11-10(17)6-18-12(16)20-11/h6,9H,4-5,7-8,17H2,1-3H3,(H,18,19,20). The molecular weight excluding hydrogens is 318 g/mol. The fourth-order valence-electron chi connectivity index (χ4n) is 3.24. The number of nitrogens with zero attached hydrogens (tertiary/aromatic N) is 3. The number of hydrogen-bond donors (Lipinski definition) is 2. The van der Waals surface area contributed by atoms with Crippen LogP contribution in [0.2, 0.25) is 5.28 Å². The molecule has 1 saturated carbocycles. The number of aromatic nitrogens is 2. The number of carbonyl (C=O) groups is 1. The number of nitrogens with one attached hydrogen (secondary N) is 1. The number of ether oxygens (including phenoxy) is 1. The Bertz CT molecular complexity index is 617. The average molecular weight is 340 g/mol. The Balaban J connectivity index is 1.47. The van der Waals surface area contributed by atoms with Crippen LogP contribution in [-0.2, 0) is 4.74 Å². The van der Waals surface area contributed by atoms with E-state index in [1.165, 1.54) is 6.20 Å².